The number of nitrogens with zero attached hydrogens (tertiary/aromatic N) is 1. The van der Waals surface area contributed by atoms with E-state index in [9.17, 15) is 14.7 Å². The normalized spacial score (nSPS) is 18.1. The Labute approximate surface area is 180 Å². The molecule has 0 unspecified atom stereocenters. The molecule has 0 spiro atoms. The topological polar surface area (TPSA) is 76.1 Å². The zero-order valence-corrected chi connectivity index (χ0v) is 17.9. The van der Waals surface area contributed by atoms with Crippen LogP contribution in [0, 0.1) is 6.92 Å². The molecule has 1 N–H and O–H groups in total. The molecule has 0 aliphatic carbocycles. The number of ketones is 1. The molecule has 30 heavy (non-hydrogen) atoms. The Kier molecular flexibility index (Phi) is 6.80. The first-order valence-corrected chi connectivity index (χ1v) is 10.0. The number of likely N-dealkylation sites (tertiary alicyclic amines) is 1. The SMILES string of the molecule is CCOc1ccc(C(O)=C2C(=O)C(=O)N(CCOC)[C@@H]2c2ccc(C)cc2)cc1Cl. The summed E-state index contributed by atoms with van der Waals surface area (Å²) < 4.78 is 10.5. The van der Waals surface area contributed by atoms with Crippen LogP contribution < -0.4 is 4.74 Å². The molecular weight excluding hydrogens is 406 g/mol. The molecule has 1 saturated heterocycles. The van der Waals surface area contributed by atoms with Crippen molar-refractivity contribution in [1.82, 2.24) is 4.90 Å². The van der Waals surface area contributed by atoms with E-state index in [4.69, 9.17) is 21.1 Å². The Morgan fingerprint density at radius 3 is 2.47 bits per heavy atom. The minimum absolute atomic E-state index is 0.0279. The minimum atomic E-state index is -0.737. The van der Waals surface area contributed by atoms with Gasteiger partial charge in [0.2, 0.25) is 0 Å². The summed E-state index contributed by atoms with van der Waals surface area (Å²) >= 11 is 6.25. The summed E-state index contributed by atoms with van der Waals surface area (Å²) in [6.07, 6.45) is 0. The second kappa shape index (κ2) is 9.32. The van der Waals surface area contributed by atoms with Crippen molar-refractivity contribution in [2.75, 3.05) is 26.9 Å². The quantitative estimate of drug-likeness (QED) is 0.407. The van der Waals surface area contributed by atoms with Gasteiger partial charge in [0.15, 0.2) is 0 Å². The lowest BCUT2D eigenvalue weighted by Crippen LogP contribution is -2.32. The summed E-state index contributed by atoms with van der Waals surface area (Å²) in [5.74, 6) is -1.20. The van der Waals surface area contributed by atoms with Gasteiger partial charge in [-0.2, -0.15) is 0 Å². The molecule has 1 amide bonds. The fraction of sp³-hybridized carbons (Fsp3) is 0.304. The molecule has 158 valence electrons. The second-order valence-corrected chi connectivity index (χ2v) is 7.38. The molecule has 6 nitrogen and oxygen atoms in total. The summed E-state index contributed by atoms with van der Waals surface area (Å²) in [7, 11) is 1.53. The van der Waals surface area contributed by atoms with E-state index in [1.165, 1.54) is 18.1 Å². The van der Waals surface area contributed by atoms with Crippen molar-refractivity contribution in [1.29, 1.82) is 0 Å². The molecule has 0 bridgehead atoms. The first kappa shape index (κ1) is 21.9. The maximum Gasteiger partial charge on any atom is 0.295 e. The van der Waals surface area contributed by atoms with Gasteiger partial charge in [0, 0.05) is 19.2 Å². The van der Waals surface area contributed by atoms with Gasteiger partial charge in [0.1, 0.15) is 11.5 Å². The maximum atomic E-state index is 12.9. The molecule has 0 aromatic heterocycles. The molecule has 1 heterocycles. The van der Waals surface area contributed by atoms with Crippen LogP contribution in [-0.4, -0.2) is 48.6 Å². The number of amides is 1. The van der Waals surface area contributed by atoms with Gasteiger partial charge in [-0.15, -0.1) is 0 Å². The number of carbonyl (C=O) groups excluding carboxylic acids is 2. The highest BCUT2D eigenvalue weighted by atomic mass is 35.5. The number of rotatable bonds is 7. The Morgan fingerprint density at radius 2 is 1.87 bits per heavy atom. The van der Waals surface area contributed by atoms with Crippen molar-refractivity contribution in [3.05, 3.63) is 69.8 Å². The third-order valence-electron chi connectivity index (χ3n) is 4.97. The lowest BCUT2D eigenvalue weighted by molar-refractivity contribution is -0.140. The van der Waals surface area contributed by atoms with Crippen molar-refractivity contribution in [3.8, 4) is 5.75 Å². The fourth-order valence-corrected chi connectivity index (χ4v) is 3.71. The molecule has 1 aliphatic heterocycles. The van der Waals surface area contributed by atoms with Crippen molar-refractivity contribution in [2.45, 2.75) is 19.9 Å². The van der Waals surface area contributed by atoms with Gasteiger partial charge in [-0.25, -0.2) is 0 Å². The van der Waals surface area contributed by atoms with Gasteiger partial charge in [-0.1, -0.05) is 41.4 Å². The van der Waals surface area contributed by atoms with Crippen LogP contribution in [0.2, 0.25) is 5.02 Å². The molecule has 1 atom stereocenters. The van der Waals surface area contributed by atoms with Crippen LogP contribution in [0.1, 0.15) is 29.7 Å². The van der Waals surface area contributed by atoms with E-state index in [0.29, 0.717) is 22.9 Å². The van der Waals surface area contributed by atoms with E-state index in [0.717, 1.165) is 11.1 Å². The highest BCUT2D eigenvalue weighted by Crippen LogP contribution is 2.40. The van der Waals surface area contributed by atoms with Gasteiger partial charge >= 0.3 is 0 Å². The molecule has 0 radical (unpaired) electrons. The van der Waals surface area contributed by atoms with E-state index in [2.05, 4.69) is 0 Å². The summed E-state index contributed by atoms with van der Waals surface area (Å²) in [5.41, 5.74) is 2.14. The number of benzene rings is 2. The fourth-order valence-electron chi connectivity index (χ4n) is 3.47. The zero-order chi connectivity index (χ0) is 21.8. The lowest BCUT2D eigenvalue weighted by Gasteiger charge is -2.25. The number of carbonyl (C=O) groups is 2. The van der Waals surface area contributed by atoms with Crippen LogP contribution in [0.5, 0.6) is 5.75 Å². The van der Waals surface area contributed by atoms with Gasteiger partial charge < -0.3 is 19.5 Å². The van der Waals surface area contributed by atoms with E-state index in [-0.39, 0.29) is 24.5 Å². The van der Waals surface area contributed by atoms with Gasteiger partial charge in [-0.05, 0) is 37.6 Å². The number of Topliss-reactive ketones (excluding diaryl/α,β-unsaturated/α-hetero) is 1. The zero-order valence-electron chi connectivity index (χ0n) is 17.1. The second-order valence-electron chi connectivity index (χ2n) is 6.97. The molecular formula is C23H24ClNO5. The highest BCUT2D eigenvalue weighted by Gasteiger charge is 2.45. The average Bonchev–Trinajstić information content (AvgIpc) is 2.98. The molecule has 0 saturated carbocycles. The van der Waals surface area contributed by atoms with Crippen LogP contribution in [0.15, 0.2) is 48.0 Å². The smallest absolute Gasteiger partial charge is 0.295 e. The van der Waals surface area contributed by atoms with Crippen molar-refractivity contribution in [2.24, 2.45) is 0 Å². The van der Waals surface area contributed by atoms with Crippen LogP contribution in [0.25, 0.3) is 5.76 Å². The predicted molar refractivity (Wildman–Crippen MR) is 115 cm³/mol. The Morgan fingerprint density at radius 1 is 1.17 bits per heavy atom. The van der Waals surface area contributed by atoms with Crippen molar-refractivity contribution >= 4 is 29.1 Å². The summed E-state index contributed by atoms with van der Waals surface area (Å²) in [6.45, 7) is 4.73. The van der Waals surface area contributed by atoms with E-state index < -0.39 is 17.7 Å². The Bertz CT molecular complexity index is 984. The minimum Gasteiger partial charge on any atom is -0.507 e. The summed E-state index contributed by atoms with van der Waals surface area (Å²) in [4.78, 5) is 27.1. The number of hydrogen-bond donors (Lipinski definition) is 1. The van der Waals surface area contributed by atoms with Gasteiger partial charge in [-0.3, -0.25) is 9.59 Å². The van der Waals surface area contributed by atoms with E-state index in [1.807, 2.05) is 38.1 Å². The van der Waals surface area contributed by atoms with E-state index in [1.54, 1.807) is 12.1 Å². The molecule has 1 aliphatic rings. The van der Waals surface area contributed by atoms with Gasteiger partial charge in [0.25, 0.3) is 11.7 Å². The third kappa shape index (κ3) is 4.20. The number of halogens is 1. The van der Waals surface area contributed by atoms with Gasteiger partial charge in [0.05, 0.1) is 29.9 Å². The number of hydrogen-bond acceptors (Lipinski definition) is 5. The first-order valence-electron chi connectivity index (χ1n) is 9.65. The average molecular weight is 430 g/mol. The molecule has 1 fully saturated rings. The molecule has 2 aromatic carbocycles. The lowest BCUT2D eigenvalue weighted by atomic mass is 9.94. The molecule has 2 aromatic rings. The Balaban J connectivity index is 2.13. The summed E-state index contributed by atoms with van der Waals surface area (Å²) in [6, 6.07) is 11.6. The largest absolute Gasteiger partial charge is 0.507 e. The molecule has 7 heteroatoms. The number of aryl methyl sites for hydroxylation is 1. The molecule has 3 rings (SSSR count). The van der Waals surface area contributed by atoms with Crippen molar-refractivity contribution in [3.63, 3.8) is 0 Å². The number of ether oxygens (including phenoxy) is 2. The highest BCUT2D eigenvalue weighted by molar-refractivity contribution is 6.46. The van der Waals surface area contributed by atoms with Crippen LogP contribution >= 0.6 is 11.6 Å². The Hall–Kier alpha value is -2.83. The monoisotopic (exact) mass is 429 g/mol. The number of aliphatic hydroxyl groups excluding tert-OH is 1. The number of methoxy groups -OCH3 is 1. The van der Waals surface area contributed by atoms with E-state index >= 15 is 0 Å². The van der Waals surface area contributed by atoms with Crippen LogP contribution in [0.4, 0.5) is 0 Å². The first-order chi connectivity index (χ1) is 14.4. The third-order valence-corrected chi connectivity index (χ3v) is 5.27. The standard InChI is InChI=1S/C23H24ClNO5/c1-4-30-18-10-9-16(13-17(18)24)21(26)19-20(15-7-5-14(2)6-8-15)25(11-12-29-3)23(28)22(19)27/h5-10,13,20,26H,4,11-12H2,1-3H3/t20-/m1/s1. The van der Waals surface area contributed by atoms with Crippen molar-refractivity contribution < 1.29 is 24.2 Å². The predicted octanol–water partition coefficient (Wildman–Crippen LogP) is 4.12. The van der Waals surface area contributed by atoms with Crippen LogP contribution in [-0.2, 0) is 14.3 Å². The summed E-state index contributed by atoms with van der Waals surface area (Å²) in [5, 5.41) is 11.3. The number of aliphatic hydroxyl groups is 1. The van der Waals surface area contributed by atoms with Crippen LogP contribution in [0.3, 0.4) is 0 Å². The maximum absolute atomic E-state index is 12.9.